The van der Waals surface area contributed by atoms with E-state index < -0.39 is 15.7 Å². The molecule has 34 heavy (non-hydrogen) atoms. The van der Waals surface area contributed by atoms with Gasteiger partial charge in [-0.1, -0.05) is 12.7 Å². The van der Waals surface area contributed by atoms with Gasteiger partial charge in [-0.25, -0.2) is 8.42 Å². The van der Waals surface area contributed by atoms with Gasteiger partial charge < -0.3 is 20.9 Å². The first-order valence-electron chi connectivity index (χ1n) is 11.6. The second kappa shape index (κ2) is 9.66. The molecular formula is C25H32N4O4S. The third kappa shape index (κ3) is 5.35. The van der Waals surface area contributed by atoms with E-state index in [1.165, 1.54) is 12.3 Å². The summed E-state index contributed by atoms with van der Waals surface area (Å²) in [6, 6.07) is 5.76. The molecule has 1 saturated heterocycles. The largest absolute Gasteiger partial charge is 0.369 e. The van der Waals surface area contributed by atoms with E-state index in [-0.39, 0.29) is 23.6 Å². The molecule has 2 atom stereocenters. The van der Waals surface area contributed by atoms with Gasteiger partial charge in [-0.2, -0.15) is 0 Å². The van der Waals surface area contributed by atoms with Crippen LogP contribution in [0.1, 0.15) is 48.2 Å². The molecule has 2 amide bonds. The van der Waals surface area contributed by atoms with E-state index in [4.69, 9.17) is 5.73 Å². The molecule has 0 spiro atoms. The van der Waals surface area contributed by atoms with E-state index in [0.717, 1.165) is 54.6 Å². The summed E-state index contributed by atoms with van der Waals surface area (Å²) in [6.07, 6.45) is 8.80. The van der Waals surface area contributed by atoms with Crippen LogP contribution in [-0.2, 0) is 14.6 Å². The number of aromatic amines is 1. The number of amides is 2. The highest BCUT2D eigenvalue weighted by Crippen LogP contribution is 2.36. The normalized spacial score (nSPS) is 21.2. The van der Waals surface area contributed by atoms with Crippen LogP contribution < -0.4 is 16.0 Å². The van der Waals surface area contributed by atoms with Gasteiger partial charge >= 0.3 is 0 Å². The van der Waals surface area contributed by atoms with Gasteiger partial charge in [0, 0.05) is 42.2 Å². The van der Waals surface area contributed by atoms with Gasteiger partial charge in [0.25, 0.3) is 5.91 Å². The zero-order valence-corrected chi connectivity index (χ0v) is 20.3. The SMILES string of the molecule is C=CC(=O)NC1CCCN(c2ccc(C(N)=O)c3[nH]c(C4=CCC(CS(C)(=O)=O)CC4)cc23)C1. The van der Waals surface area contributed by atoms with E-state index >= 15 is 0 Å². The number of anilines is 1. The number of piperidine rings is 1. The van der Waals surface area contributed by atoms with E-state index in [0.29, 0.717) is 24.0 Å². The standard InChI is InChI=1S/C25H32N4O4S/c1-3-23(30)27-18-5-4-12-29(14-18)22-11-10-19(25(26)31)24-20(22)13-21(28-24)17-8-6-16(7-9-17)15-34(2,32)33/h3,8,10-11,13,16,18,28H,1,4-7,9,12,14-15H2,2H3,(H2,26,31)(H,27,30). The Morgan fingerprint density at radius 2 is 2.12 bits per heavy atom. The number of carbonyl (C=O) groups is 2. The van der Waals surface area contributed by atoms with E-state index in [9.17, 15) is 18.0 Å². The lowest BCUT2D eigenvalue weighted by Gasteiger charge is -2.35. The molecule has 2 unspecified atom stereocenters. The lowest BCUT2D eigenvalue weighted by Crippen LogP contribution is -2.47. The van der Waals surface area contributed by atoms with Gasteiger partial charge in [0.05, 0.1) is 16.8 Å². The molecular weight excluding hydrogens is 452 g/mol. The van der Waals surface area contributed by atoms with Crippen LogP contribution in [0.5, 0.6) is 0 Å². The number of nitrogens with two attached hydrogens (primary N) is 1. The second-order valence-corrected chi connectivity index (χ2v) is 11.6. The number of fused-ring (bicyclic) bond motifs is 1. The zero-order chi connectivity index (χ0) is 24.5. The molecule has 0 bridgehead atoms. The number of aromatic nitrogens is 1. The minimum atomic E-state index is -3.00. The third-order valence-electron chi connectivity index (χ3n) is 6.73. The fourth-order valence-electron chi connectivity index (χ4n) is 5.14. The van der Waals surface area contributed by atoms with Gasteiger partial charge in [-0.05, 0) is 67.9 Å². The summed E-state index contributed by atoms with van der Waals surface area (Å²) in [5, 5.41) is 3.91. The van der Waals surface area contributed by atoms with E-state index in [1.807, 2.05) is 6.07 Å². The Morgan fingerprint density at radius 1 is 1.32 bits per heavy atom. The van der Waals surface area contributed by atoms with Crippen LogP contribution in [0.3, 0.4) is 0 Å². The average molecular weight is 485 g/mol. The lowest BCUT2D eigenvalue weighted by molar-refractivity contribution is -0.117. The minimum Gasteiger partial charge on any atom is -0.369 e. The molecule has 4 N–H and O–H groups in total. The van der Waals surface area contributed by atoms with Crippen LogP contribution in [0, 0.1) is 5.92 Å². The molecule has 8 nitrogen and oxygen atoms in total. The van der Waals surface area contributed by atoms with Crippen molar-refractivity contribution in [1.29, 1.82) is 0 Å². The lowest BCUT2D eigenvalue weighted by atomic mass is 9.89. The topological polar surface area (TPSA) is 125 Å². The molecule has 0 saturated carbocycles. The van der Waals surface area contributed by atoms with Crippen LogP contribution in [0.15, 0.2) is 36.9 Å². The molecule has 0 radical (unpaired) electrons. The van der Waals surface area contributed by atoms with Gasteiger partial charge in [-0.3, -0.25) is 9.59 Å². The fraction of sp³-hybridized carbons (Fsp3) is 0.440. The Kier molecular flexibility index (Phi) is 6.84. The van der Waals surface area contributed by atoms with Gasteiger partial charge in [0.2, 0.25) is 5.91 Å². The first-order chi connectivity index (χ1) is 16.1. The number of sulfone groups is 1. The molecule has 4 rings (SSSR count). The highest BCUT2D eigenvalue weighted by atomic mass is 32.2. The predicted octanol–water partition coefficient (Wildman–Crippen LogP) is 2.77. The second-order valence-electron chi connectivity index (χ2n) is 9.43. The molecule has 182 valence electrons. The van der Waals surface area contributed by atoms with Crippen molar-refractivity contribution in [1.82, 2.24) is 10.3 Å². The summed E-state index contributed by atoms with van der Waals surface area (Å²) in [5.74, 6) is -0.331. The monoisotopic (exact) mass is 484 g/mol. The van der Waals surface area contributed by atoms with E-state index in [2.05, 4.69) is 33.9 Å². The first kappa shape index (κ1) is 24.1. The van der Waals surface area contributed by atoms with Crippen LogP contribution in [0.25, 0.3) is 16.5 Å². The summed E-state index contributed by atoms with van der Waals surface area (Å²) >= 11 is 0. The summed E-state index contributed by atoms with van der Waals surface area (Å²) < 4.78 is 23.3. The molecule has 2 aliphatic rings. The molecule has 9 heteroatoms. The molecule has 1 aliphatic carbocycles. The van der Waals surface area contributed by atoms with Crippen LogP contribution in [-0.4, -0.2) is 56.4 Å². The Bertz CT molecular complexity index is 1260. The summed E-state index contributed by atoms with van der Waals surface area (Å²) in [5.41, 5.74) is 9.85. The third-order valence-corrected chi connectivity index (χ3v) is 7.81. The number of hydrogen-bond donors (Lipinski definition) is 3. The number of nitrogens with zero attached hydrogens (tertiary/aromatic N) is 1. The van der Waals surface area contributed by atoms with Crippen LogP contribution >= 0.6 is 0 Å². The number of carbonyl (C=O) groups excluding carboxylic acids is 2. The molecule has 1 aliphatic heterocycles. The Morgan fingerprint density at radius 3 is 2.76 bits per heavy atom. The molecule has 1 aromatic carbocycles. The van der Waals surface area contributed by atoms with Crippen molar-refractivity contribution in [3.8, 4) is 0 Å². The first-order valence-corrected chi connectivity index (χ1v) is 13.7. The number of nitrogens with one attached hydrogen (secondary N) is 2. The van der Waals surface area contributed by atoms with Crippen molar-refractivity contribution in [2.75, 3.05) is 30.0 Å². The smallest absolute Gasteiger partial charge is 0.250 e. The number of primary amides is 1. The van der Waals surface area contributed by atoms with Gasteiger partial charge in [-0.15, -0.1) is 0 Å². The Labute approximate surface area is 200 Å². The van der Waals surface area contributed by atoms with Crippen molar-refractivity contribution in [3.63, 3.8) is 0 Å². The molecule has 1 fully saturated rings. The molecule has 2 heterocycles. The summed E-state index contributed by atoms with van der Waals surface area (Å²) in [6.45, 7) is 5.05. The van der Waals surface area contributed by atoms with Crippen molar-refractivity contribution < 1.29 is 18.0 Å². The maximum absolute atomic E-state index is 12.1. The molecule has 1 aromatic heterocycles. The maximum atomic E-state index is 12.1. The summed E-state index contributed by atoms with van der Waals surface area (Å²) in [4.78, 5) is 29.6. The van der Waals surface area contributed by atoms with Gasteiger partial charge in [0.1, 0.15) is 9.84 Å². The number of rotatable bonds is 7. The van der Waals surface area contributed by atoms with Crippen LogP contribution in [0.2, 0.25) is 0 Å². The van der Waals surface area contributed by atoms with E-state index in [1.54, 1.807) is 6.07 Å². The van der Waals surface area contributed by atoms with Crippen LogP contribution in [0.4, 0.5) is 5.69 Å². The maximum Gasteiger partial charge on any atom is 0.250 e. The zero-order valence-electron chi connectivity index (χ0n) is 19.5. The minimum absolute atomic E-state index is 0.0244. The number of hydrogen-bond acceptors (Lipinski definition) is 5. The number of allylic oxidation sites excluding steroid dienone is 2. The molecule has 2 aromatic rings. The average Bonchev–Trinajstić information content (AvgIpc) is 3.23. The quantitative estimate of drug-likeness (QED) is 0.521. The van der Waals surface area contributed by atoms with Crippen molar-refractivity contribution in [2.45, 2.75) is 38.1 Å². The van der Waals surface area contributed by atoms with Crippen molar-refractivity contribution in [3.05, 3.63) is 48.2 Å². The highest BCUT2D eigenvalue weighted by molar-refractivity contribution is 7.90. The number of H-pyrrole nitrogens is 1. The van der Waals surface area contributed by atoms with Crippen molar-refractivity contribution in [2.24, 2.45) is 11.7 Å². The fourth-order valence-corrected chi connectivity index (χ4v) is 6.30. The predicted molar refractivity (Wildman–Crippen MR) is 135 cm³/mol. The van der Waals surface area contributed by atoms with Gasteiger partial charge in [0.15, 0.2) is 0 Å². The number of benzene rings is 1. The Hall–Kier alpha value is -3.07. The summed E-state index contributed by atoms with van der Waals surface area (Å²) in [7, 11) is -3.00. The highest BCUT2D eigenvalue weighted by Gasteiger charge is 2.25. The van der Waals surface area contributed by atoms with Crippen molar-refractivity contribution >= 4 is 43.8 Å². The Balaban J connectivity index is 1.65.